The molecule has 1 fully saturated rings. The summed E-state index contributed by atoms with van der Waals surface area (Å²) in [7, 11) is 0. The minimum absolute atomic E-state index is 0.0632. The molecule has 0 saturated carbocycles. The first-order chi connectivity index (χ1) is 13.0. The van der Waals surface area contributed by atoms with Crippen molar-refractivity contribution in [2.24, 2.45) is 5.92 Å². The SMILES string of the molecule is C=CC(=O)N1CCC(C(=O)Nc2nc(C)c(Cc3cccc(F)c3)s2)CC1. The minimum atomic E-state index is -0.260. The zero-order chi connectivity index (χ0) is 19.4. The van der Waals surface area contributed by atoms with E-state index in [-0.39, 0.29) is 23.5 Å². The number of piperidine rings is 1. The number of carbonyl (C=O) groups is 2. The smallest absolute Gasteiger partial charge is 0.245 e. The number of hydrogen-bond donors (Lipinski definition) is 1. The highest BCUT2D eigenvalue weighted by molar-refractivity contribution is 7.15. The van der Waals surface area contributed by atoms with Crippen LogP contribution >= 0.6 is 11.3 Å². The molecular weight excluding hydrogens is 365 g/mol. The van der Waals surface area contributed by atoms with Crippen molar-refractivity contribution in [3.05, 3.63) is 58.9 Å². The van der Waals surface area contributed by atoms with Gasteiger partial charge in [0.05, 0.1) is 5.69 Å². The van der Waals surface area contributed by atoms with Gasteiger partial charge in [-0.3, -0.25) is 9.59 Å². The molecule has 0 spiro atoms. The summed E-state index contributed by atoms with van der Waals surface area (Å²) in [6.07, 6.45) is 3.15. The van der Waals surface area contributed by atoms with Crippen LogP contribution in [-0.2, 0) is 16.0 Å². The number of amides is 2. The molecule has 0 radical (unpaired) electrons. The molecule has 1 aliphatic rings. The summed E-state index contributed by atoms with van der Waals surface area (Å²) in [6, 6.07) is 6.49. The lowest BCUT2D eigenvalue weighted by Gasteiger charge is -2.30. The van der Waals surface area contributed by atoms with Gasteiger partial charge in [0.1, 0.15) is 5.82 Å². The third-order valence-corrected chi connectivity index (χ3v) is 5.80. The van der Waals surface area contributed by atoms with Gasteiger partial charge in [-0.1, -0.05) is 18.7 Å². The molecule has 5 nitrogen and oxygen atoms in total. The second-order valence-corrected chi connectivity index (χ2v) is 7.71. The van der Waals surface area contributed by atoms with Crippen LogP contribution in [0.5, 0.6) is 0 Å². The average molecular weight is 387 g/mol. The molecular formula is C20H22FN3O2S. The highest BCUT2D eigenvalue weighted by atomic mass is 32.1. The number of nitrogens with zero attached hydrogens (tertiary/aromatic N) is 2. The Morgan fingerprint density at radius 3 is 2.81 bits per heavy atom. The van der Waals surface area contributed by atoms with Gasteiger partial charge in [0, 0.05) is 30.3 Å². The van der Waals surface area contributed by atoms with Crippen LogP contribution in [0.25, 0.3) is 0 Å². The number of halogens is 1. The molecule has 1 aliphatic heterocycles. The van der Waals surface area contributed by atoms with Crippen molar-refractivity contribution in [2.75, 3.05) is 18.4 Å². The van der Waals surface area contributed by atoms with Gasteiger partial charge in [-0.2, -0.15) is 0 Å². The fraction of sp³-hybridized carbons (Fsp3) is 0.350. The van der Waals surface area contributed by atoms with Crippen LogP contribution in [0.15, 0.2) is 36.9 Å². The second kappa shape index (κ2) is 8.43. The molecule has 1 saturated heterocycles. The molecule has 2 heterocycles. The Balaban J connectivity index is 1.59. The van der Waals surface area contributed by atoms with E-state index in [1.54, 1.807) is 11.0 Å². The fourth-order valence-electron chi connectivity index (χ4n) is 3.18. The molecule has 1 aromatic heterocycles. The number of anilines is 1. The zero-order valence-electron chi connectivity index (χ0n) is 15.2. The summed E-state index contributed by atoms with van der Waals surface area (Å²) in [4.78, 5) is 31.3. The predicted octanol–water partition coefficient (Wildman–Crippen LogP) is 3.54. The molecule has 0 atom stereocenters. The molecule has 1 aromatic carbocycles. The number of benzene rings is 1. The van der Waals surface area contributed by atoms with Crippen molar-refractivity contribution in [1.29, 1.82) is 0 Å². The minimum Gasteiger partial charge on any atom is -0.339 e. The maximum absolute atomic E-state index is 13.4. The molecule has 3 rings (SSSR count). The van der Waals surface area contributed by atoms with Crippen molar-refractivity contribution in [3.8, 4) is 0 Å². The van der Waals surface area contributed by atoms with E-state index in [0.29, 0.717) is 37.5 Å². The van der Waals surface area contributed by atoms with Gasteiger partial charge in [0.15, 0.2) is 5.13 Å². The average Bonchev–Trinajstić information content (AvgIpc) is 3.00. The maximum atomic E-state index is 13.4. The van der Waals surface area contributed by atoms with Gasteiger partial charge in [-0.25, -0.2) is 9.37 Å². The Bertz CT molecular complexity index is 857. The van der Waals surface area contributed by atoms with E-state index in [2.05, 4.69) is 16.9 Å². The molecule has 2 aromatic rings. The standard InChI is InChI=1S/C20H22FN3O2S/c1-3-18(25)24-9-7-15(8-10-24)19(26)23-20-22-13(2)17(27-20)12-14-5-4-6-16(21)11-14/h3-6,11,15H,1,7-10,12H2,2H3,(H,22,23,26). The van der Waals surface area contributed by atoms with Crippen LogP contribution in [-0.4, -0.2) is 34.8 Å². The topological polar surface area (TPSA) is 62.3 Å². The first-order valence-corrected chi connectivity index (χ1v) is 9.71. The van der Waals surface area contributed by atoms with Gasteiger partial charge in [0.2, 0.25) is 11.8 Å². The Kier molecular flexibility index (Phi) is 6.01. The quantitative estimate of drug-likeness (QED) is 0.798. The van der Waals surface area contributed by atoms with Crippen LogP contribution in [0, 0.1) is 18.7 Å². The van der Waals surface area contributed by atoms with E-state index in [1.807, 2.05) is 13.0 Å². The molecule has 0 unspecified atom stereocenters. The van der Waals surface area contributed by atoms with Gasteiger partial charge in [0.25, 0.3) is 0 Å². The lowest BCUT2D eigenvalue weighted by Crippen LogP contribution is -2.40. The van der Waals surface area contributed by atoms with Crippen LogP contribution in [0.3, 0.4) is 0 Å². The summed E-state index contributed by atoms with van der Waals surface area (Å²) < 4.78 is 13.4. The molecule has 1 N–H and O–H groups in total. The maximum Gasteiger partial charge on any atom is 0.245 e. The van der Waals surface area contributed by atoms with Gasteiger partial charge >= 0.3 is 0 Å². The lowest BCUT2D eigenvalue weighted by atomic mass is 9.96. The number of thiazole rings is 1. The number of likely N-dealkylation sites (tertiary alicyclic amines) is 1. The van der Waals surface area contributed by atoms with E-state index >= 15 is 0 Å². The van der Waals surface area contributed by atoms with Crippen molar-refractivity contribution in [1.82, 2.24) is 9.88 Å². The summed E-state index contributed by atoms with van der Waals surface area (Å²) >= 11 is 1.42. The van der Waals surface area contributed by atoms with Crippen LogP contribution in [0.4, 0.5) is 9.52 Å². The predicted molar refractivity (Wildman–Crippen MR) is 104 cm³/mol. The fourth-order valence-corrected chi connectivity index (χ4v) is 4.18. The first kappa shape index (κ1) is 19.2. The number of rotatable bonds is 5. The normalized spacial score (nSPS) is 14.8. The Morgan fingerprint density at radius 2 is 2.15 bits per heavy atom. The molecule has 142 valence electrons. The monoisotopic (exact) mass is 387 g/mol. The largest absolute Gasteiger partial charge is 0.339 e. The van der Waals surface area contributed by atoms with E-state index in [4.69, 9.17) is 0 Å². The first-order valence-electron chi connectivity index (χ1n) is 8.89. The van der Waals surface area contributed by atoms with Crippen molar-refractivity contribution in [2.45, 2.75) is 26.2 Å². The van der Waals surface area contributed by atoms with Gasteiger partial charge in [-0.15, -0.1) is 11.3 Å². The Labute approximate surface area is 161 Å². The lowest BCUT2D eigenvalue weighted by molar-refractivity contribution is -0.130. The molecule has 2 amide bonds. The Hall–Kier alpha value is -2.54. The van der Waals surface area contributed by atoms with E-state index in [9.17, 15) is 14.0 Å². The van der Waals surface area contributed by atoms with Gasteiger partial charge in [-0.05, 0) is 43.5 Å². The van der Waals surface area contributed by atoms with Crippen LogP contribution < -0.4 is 5.32 Å². The number of aromatic nitrogens is 1. The van der Waals surface area contributed by atoms with Crippen molar-refractivity contribution < 1.29 is 14.0 Å². The van der Waals surface area contributed by atoms with E-state index in [0.717, 1.165) is 16.1 Å². The third-order valence-electron chi connectivity index (χ3n) is 4.73. The number of nitrogens with one attached hydrogen (secondary N) is 1. The van der Waals surface area contributed by atoms with Gasteiger partial charge < -0.3 is 10.2 Å². The second-order valence-electron chi connectivity index (χ2n) is 6.63. The zero-order valence-corrected chi connectivity index (χ0v) is 16.0. The number of hydrogen-bond acceptors (Lipinski definition) is 4. The number of aryl methyl sites for hydroxylation is 1. The molecule has 7 heteroatoms. The summed E-state index contributed by atoms with van der Waals surface area (Å²) in [5, 5.41) is 3.46. The van der Waals surface area contributed by atoms with E-state index < -0.39 is 0 Å². The van der Waals surface area contributed by atoms with Crippen molar-refractivity contribution >= 4 is 28.3 Å². The highest BCUT2D eigenvalue weighted by Crippen LogP contribution is 2.27. The molecule has 0 aliphatic carbocycles. The molecule has 0 bridgehead atoms. The highest BCUT2D eigenvalue weighted by Gasteiger charge is 2.27. The van der Waals surface area contributed by atoms with Crippen molar-refractivity contribution in [3.63, 3.8) is 0 Å². The molecule has 27 heavy (non-hydrogen) atoms. The summed E-state index contributed by atoms with van der Waals surface area (Å²) in [5.41, 5.74) is 1.71. The summed E-state index contributed by atoms with van der Waals surface area (Å²) in [5.74, 6) is -0.544. The summed E-state index contributed by atoms with van der Waals surface area (Å²) in [6.45, 7) is 6.50. The van der Waals surface area contributed by atoms with Crippen LogP contribution in [0.2, 0.25) is 0 Å². The van der Waals surface area contributed by atoms with E-state index in [1.165, 1.54) is 29.5 Å². The van der Waals surface area contributed by atoms with Crippen LogP contribution in [0.1, 0.15) is 29.0 Å². The number of carbonyl (C=O) groups excluding carboxylic acids is 2. The third kappa shape index (κ3) is 4.80. The Morgan fingerprint density at radius 1 is 1.41 bits per heavy atom.